The van der Waals surface area contributed by atoms with Crippen molar-refractivity contribution >= 4 is 23.0 Å². The second kappa shape index (κ2) is 8.39. The topological polar surface area (TPSA) is 51.6 Å². The van der Waals surface area contributed by atoms with Gasteiger partial charge in [0.15, 0.2) is 16.6 Å². The number of aryl methyl sites for hydroxylation is 1. The second-order valence-electron chi connectivity index (χ2n) is 8.65. The van der Waals surface area contributed by atoms with Gasteiger partial charge in [0.2, 0.25) is 6.79 Å². The van der Waals surface area contributed by atoms with Crippen LogP contribution in [0, 0.1) is 19.7 Å². The van der Waals surface area contributed by atoms with Crippen molar-refractivity contribution in [1.82, 2.24) is 14.9 Å². The molecule has 6 rings (SSSR count). The number of rotatable bonds is 4. The first-order valence-corrected chi connectivity index (χ1v) is 11.8. The zero-order valence-electron chi connectivity index (χ0n) is 19.2. The average molecular weight is 487 g/mol. The molecule has 1 N–H and O–H groups in total. The van der Waals surface area contributed by atoms with E-state index in [-0.39, 0.29) is 24.7 Å². The maximum atomic E-state index is 14.8. The average Bonchev–Trinajstić information content (AvgIpc) is 3.55. The lowest BCUT2D eigenvalue weighted by molar-refractivity contribution is 0.174. The Labute approximate surface area is 207 Å². The normalized spacial score (nSPS) is 18.7. The molecule has 2 aromatic carbocycles. The van der Waals surface area contributed by atoms with Crippen LogP contribution in [-0.2, 0) is 0 Å². The van der Waals surface area contributed by atoms with E-state index < -0.39 is 0 Å². The Bertz CT molecular complexity index is 1440. The number of anilines is 1. The molecule has 0 aliphatic carbocycles. The van der Waals surface area contributed by atoms with E-state index in [0.717, 1.165) is 28.3 Å². The van der Waals surface area contributed by atoms with E-state index in [1.54, 1.807) is 18.3 Å². The number of pyridine rings is 1. The largest absolute Gasteiger partial charge is 0.454 e. The molecule has 2 aromatic heterocycles. The first kappa shape index (κ1) is 21.6. The number of thiocarbonyl (C=S) groups is 1. The summed E-state index contributed by atoms with van der Waals surface area (Å²) in [6, 6.07) is 20.2. The van der Waals surface area contributed by atoms with Gasteiger partial charge >= 0.3 is 0 Å². The van der Waals surface area contributed by atoms with Gasteiger partial charge in [-0.2, -0.15) is 0 Å². The van der Waals surface area contributed by atoms with E-state index in [0.29, 0.717) is 22.3 Å². The highest BCUT2D eigenvalue weighted by Crippen LogP contribution is 2.46. The number of hydrogen-bond donors (Lipinski definition) is 1. The molecule has 0 amide bonds. The number of ether oxygens (including phenoxy) is 2. The maximum absolute atomic E-state index is 14.8. The fourth-order valence-electron chi connectivity index (χ4n) is 5.07. The molecule has 2 atom stereocenters. The summed E-state index contributed by atoms with van der Waals surface area (Å²) in [5, 5.41) is 4.07. The van der Waals surface area contributed by atoms with Gasteiger partial charge in [-0.1, -0.05) is 18.2 Å². The SMILES string of the molecule is Cc1cc([C@@H]2[C@@H](c3ccccn3)NC(=S)N2c2ccc3c(c2)OCO3)c(C)n1-c1ccccc1F. The third kappa shape index (κ3) is 3.52. The number of fused-ring (bicyclic) bond motifs is 1. The molecular weight excluding hydrogens is 463 g/mol. The molecule has 0 spiro atoms. The highest BCUT2D eigenvalue weighted by molar-refractivity contribution is 7.80. The lowest BCUT2D eigenvalue weighted by Crippen LogP contribution is -2.29. The van der Waals surface area contributed by atoms with Crippen molar-refractivity contribution in [2.45, 2.75) is 25.9 Å². The predicted molar refractivity (Wildman–Crippen MR) is 136 cm³/mol. The molecule has 0 unspecified atom stereocenters. The van der Waals surface area contributed by atoms with Gasteiger partial charge in [-0.15, -0.1) is 0 Å². The first-order valence-electron chi connectivity index (χ1n) is 11.4. The molecule has 1 fully saturated rings. The molecule has 35 heavy (non-hydrogen) atoms. The molecular formula is C27H23FN4O2S. The van der Waals surface area contributed by atoms with Crippen LogP contribution in [0.4, 0.5) is 10.1 Å². The second-order valence-corrected chi connectivity index (χ2v) is 9.03. The minimum Gasteiger partial charge on any atom is -0.454 e. The van der Waals surface area contributed by atoms with E-state index in [2.05, 4.69) is 21.3 Å². The summed E-state index contributed by atoms with van der Waals surface area (Å²) >= 11 is 5.85. The van der Waals surface area contributed by atoms with E-state index in [4.69, 9.17) is 21.7 Å². The molecule has 8 heteroatoms. The molecule has 0 radical (unpaired) electrons. The fourth-order valence-corrected chi connectivity index (χ4v) is 5.42. The number of nitrogens with zero attached hydrogens (tertiary/aromatic N) is 3. The van der Waals surface area contributed by atoms with Crippen LogP contribution < -0.4 is 19.7 Å². The minimum atomic E-state index is -0.269. The smallest absolute Gasteiger partial charge is 0.231 e. The summed E-state index contributed by atoms with van der Waals surface area (Å²) < 4.78 is 27.9. The third-order valence-electron chi connectivity index (χ3n) is 6.61. The first-order chi connectivity index (χ1) is 17.0. The molecule has 6 nitrogen and oxygen atoms in total. The highest BCUT2D eigenvalue weighted by Gasteiger charge is 2.42. The van der Waals surface area contributed by atoms with Crippen molar-refractivity contribution in [3.05, 3.63) is 101 Å². The van der Waals surface area contributed by atoms with Gasteiger partial charge in [-0.25, -0.2) is 4.39 Å². The van der Waals surface area contributed by atoms with Crippen molar-refractivity contribution in [2.24, 2.45) is 0 Å². The highest BCUT2D eigenvalue weighted by atomic mass is 32.1. The van der Waals surface area contributed by atoms with Crippen molar-refractivity contribution < 1.29 is 13.9 Å². The van der Waals surface area contributed by atoms with Crippen molar-refractivity contribution in [2.75, 3.05) is 11.7 Å². The molecule has 2 aliphatic rings. The monoisotopic (exact) mass is 486 g/mol. The summed E-state index contributed by atoms with van der Waals surface area (Å²) in [5.74, 6) is 1.12. The summed E-state index contributed by atoms with van der Waals surface area (Å²) in [5.41, 5.74) is 5.18. The predicted octanol–water partition coefficient (Wildman–Crippen LogP) is 5.53. The Balaban J connectivity index is 1.52. The van der Waals surface area contributed by atoms with Crippen molar-refractivity contribution in [3.63, 3.8) is 0 Å². The summed E-state index contributed by atoms with van der Waals surface area (Å²) in [4.78, 5) is 6.72. The van der Waals surface area contributed by atoms with E-state index in [1.165, 1.54) is 6.07 Å². The molecule has 4 aromatic rings. The van der Waals surface area contributed by atoms with Crippen LogP contribution in [0.1, 0.15) is 34.7 Å². The van der Waals surface area contributed by atoms with Crippen LogP contribution in [0.25, 0.3) is 5.69 Å². The standard InChI is InChI=1S/C27H23FN4O2S/c1-16-13-19(17(2)31(16)22-9-4-3-7-20(22)28)26-25(21-8-5-6-12-29-21)30-27(35)32(26)18-10-11-23-24(14-18)34-15-33-23/h3-14,25-26H,15H2,1-2H3,(H,30,35)/t25-,26-/m1/s1. The lowest BCUT2D eigenvalue weighted by Gasteiger charge is -2.28. The number of nitrogens with one attached hydrogen (secondary N) is 1. The van der Waals surface area contributed by atoms with E-state index in [9.17, 15) is 4.39 Å². The Hall–Kier alpha value is -3.91. The molecule has 0 saturated carbocycles. The van der Waals surface area contributed by atoms with Crippen molar-refractivity contribution in [3.8, 4) is 17.2 Å². The van der Waals surface area contributed by atoms with Gasteiger partial charge in [0.1, 0.15) is 5.82 Å². The van der Waals surface area contributed by atoms with Gasteiger partial charge < -0.3 is 24.3 Å². The lowest BCUT2D eigenvalue weighted by atomic mass is 9.96. The van der Waals surface area contributed by atoms with Crippen LogP contribution in [0.5, 0.6) is 11.5 Å². The van der Waals surface area contributed by atoms with Gasteiger partial charge in [-0.3, -0.25) is 4.98 Å². The Kier molecular flexibility index (Phi) is 5.18. The summed E-state index contributed by atoms with van der Waals surface area (Å²) in [6.07, 6.45) is 1.78. The molecule has 0 bridgehead atoms. The van der Waals surface area contributed by atoms with Crippen LogP contribution >= 0.6 is 12.2 Å². The number of halogens is 1. The Morgan fingerprint density at radius 3 is 2.60 bits per heavy atom. The van der Waals surface area contributed by atoms with Gasteiger partial charge in [0, 0.05) is 29.3 Å². The van der Waals surface area contributed by atoms with E-state index in [1.807, 2.05) is 60.9 Å². The fraction of sp³-hybridized carbons (Fsp3) is 0.185. The number of hydrogen-bond acceptors (Lipinski definition) is 4. The van der Waals surface area contributed by atoms with Crippen molar-refractivity contribution in [1.29, 1.82) is 0 Å². The molecule has 176 valence electrons. The minimum absolute atomic E-state index is 0.200. The zero-order chi connectivity index (χ0) is 24.1. The summed E-state index contributed by atoms with van der Waals surface area (Å²) in [6.45, 7) is 4.21. The molecule has 2 aliphatic heterocycles. The Morgan fingerprint density at radius 2 is 1.80 bits per heavy atom. The van der Waals surface area contributed by atoms with Gasteiger partial charge in [0.25, 0.3) is 0 Å². The van der Waals surface area contributed by atoms with E-state index >= 15 is 0 Å². The maximum Gasteiger partial charge on any atom is 0.231 e. The third-order valence-corrected chi connectivity index (χ3v) is 6.93. The summed E-state index contributed by atoms with van der Waals surface area (Å²) in [7, 11) is 0. The Morgan fingerprint density at radius 1 is 1.00 bits per heavy atom. The molecule has 4 heterocycles. The zero-order valence-corrected chi connectivity index (χ0v) is 20.1. The van der Waals surface area contributed by atoms with Crippen LogP contribution in [0.15, 0.2) is 72.9 Å². The van der Waals surface area contributed by atoms with Crippen LogP contribution in [0.3, 0.4) is 0 Å². The number of benzene rings is 2. The van der Waals surface area contributed by atoms with Gasteiger partial charge in [0.05, 0.1) is 23.5 Å². The molecule has 1 saturated heterocycles. The van der Waals surface area contributed by atoms with Crippen LogP contribution in [-0.4, -0.2) is 21.5 Å². The van der Waals surface area contributed by atoms with Crippen LogP contribution in [0.2, 0.25) is 0 Å². The van der Waals surface area contributed by atoms with Gasteiger partial charge in [-0.05, 0) is 74.1 Å². The number of aromatic nitrogens is 2. The quantitative estimate of drug-likeness (QED) is 0.383. The number of para-hydroxylation sites is 1.